The number of nitrogens with one attached hydrogen (secondary N) is 3. The third-order valence-electron chi connectivity index (χ3n) is 6.03. The molecule has 1 saturated carbocycles. The third kappa shape index (κ3) is 3.90. The number of rotatable bonds is 4. The number of fused-ring (bicyclic) bond motifs is 2. The van der Waals surface area contributed by atoms with Crippen molar-refractivity contribution in [1.82, 2.24) is 19.7 Å². The molecule has 1 aliphatic rings. The zero-order chi connectivity index (χ0) is 22.3. The zero-order valence-corrected chi connectivity index (χ0v) is 17.1. The Morgan fingerprint density at radius 3 is 2.56 bits per heavy atom. The van der Waals surface area contributed by atoms with Crippen LogP contribution >= 0.6 is 0 Å². The second-order valence-corrected chi connectivity index (χ2v) is 8.18. The van der Waals surface area contributed by atoms with Crippen LogP contribution in [0.25, 0.3) is 16.6 Å². The number of halogens is 3. The van der Waals surface area contributed by atoms with Crippen LogP contribution in [0, 0.1) is 0 Å². The van der Waals surface area contributed by atoms with E-state index in [9.17, 15) is 18.0 Å². The van der Waals surface area contributed by atoms with Crippen molar-refractivity contribution < 1.29 is 18.0 Å². The quantitative estimate of drug-likeness (QED) is 0.418. The number of anilines is 1. The molecule has 0 aliphatic heterocycles. The Bertz CT molecular complexity index is 1270. The van der Waals surface area contributed by atoms with Crippen LogP contribution in [0.4, 0.5) is 19.0 Å². The molecule has 4 aromatic rings. The fourth-order valence-corrected chi connectivity index (χ4v) is 4.38. The number of amides is 1. The average Bonchev–Trinajstić information content (AvgIpc) is 3.40. The van der Waals surface area contributed by atoms with Gasteiger partial charge in [-0.3, -0.25) is 9.20 Å². The van der Waals surface area contributed by atoms with Crippen LogP contribution in [-0.4, -0.2) is 32.4 Å². The van der Waals surface area contributed by atoms with E-state index in [0.717, 1.165) is 42.8 Å². The van der Waals surface area contributed by atoms with Crippen molar-refractivity contribution in [3.8, 4) is 0 Å². The number of carbonyl (C=O) groups excluding carboxylic acids is 1. The summed E-state index contributed by atoms with van der Waals surface area (Å²) in [5.74, 6) is 0.485. The summed E-state index contributed by atoms with van der Waals surface area (Å²) in [5.41, 5.74) is 0.901. The summed E-state index contributed by atoms with van der Waals surface area (Å²) in [6.45, 7) is 0. The predicted octanol–water partition coefficient (Wildman–Crippen LogP) is 4.99. The normalized spacial score (nSPS) is 19.3. The molecule has 0 unspecified atom stereocenters. The fraction of sp³-hybridized carbons (Fsp3) is 0.304. The van der Waals surface area contributed by atoms with Gasteiger partial charge in [-0.15, -0.1) is 0 Å². The number of aromatic amines is 1. The van der Waals surface area contributed by atoms with E-state index in [1.165, 1.54) is 4.40 Å². The Morgan fingerprint density at radius 2 is 1.78 bits per heavy atom. The van der Waals surface area contributed by atoms with Crippen molar-refractivity contribution in [2.24, 2.45) is 0 Å². The van der Waals surface area contributed by atoms with E-state index in [1.54, 1.807) is 24.4 Å². The van der Waals surface area contributed by atoms with Crippen molar-refractivity contribution in [2.75, 3.05) is 5.32 Å². The van der Waals surface area contributed by atoms with E-state index in [2.05, 4.69) is 20.6 Å². The van der Waals surface area contributed by atoms with Gasteiger partial charge < -0.3 is 15.6 Å². The number of para-hydroxylation sites is 1. The van der Waals surface area contributed by atoms with E-state index in [0.29, 0.717) is 11.4 Å². The molecular formula is C23H22F3N5O. The first-order valence-electron chi connectivity index (χ1n) is 10.6. The predicted molar refractivity (Wildman–Crippen MR) is 116 cm³/mol. The van der Waals surface area contributed by atoms with Crippen LogP contribution in [0.15, 0.2) is 54.9 Å². The molecule has 9 heteroatoms. The second kappa shape index (κ2) is 7.89. The lowest BCUT2D eigenvalue weighted by Gasteiger charge is -2.30. The van der Waals surface area contributed by atoms with Gasteiger partial charge in [-0.25, -0.2) is 4.98 Å². The van der Waals surface area contributed by atoms with E-state index < -0.39 is 11.9 Å². The van der Waals surface area contributed by atoms with Gasteiger partial charge in [0.25, 0.3) is 5.91 Å². The number of H-pyrrole nitrogens is 1. The first-order valence-corrected chi connectivity index (χ1v) is 10.6. The van der Waals surface area contributed by atoms with Crippen LogP contribution in [-0.2, 0) is 6.18 Å². The van der Waals surface area contributed by atoms with Gasteiger partial charge in [-0.2, -0.15) is 13.2 Å². The minimum absolute atomic E-state index is 0.0649. The molecule has 0 spiro atoms. The second-order valence-electron chi connectivity index (χ2n) is 8.18. The van der Waals surface area contributed by atoms with Gasteiger partial charge in [0.15, 0.2) is 5.69 Å². The number of alkyl halides is 3. The lowest BCUT2D eigenvalue weighted by atomic mass is 9.91. The Kier molecular flexibility index (Phi) is 5.03. The number of aromatic nitrogens is 3. The zero-order valence-electron chi connectivity index (χ0n) is 17.1. The summed E-state index contributed by atoms with van der Waals surface area (Å²) in [7, 11) is 0. The highest BCUT2D eigenvalue weighted by atomic mass is 19.4. The van der Waals surface area contributed by atoms with E-state index in [-0.39, 0.29) is 23.6 Å². The van der Waals surface area contributed by atoms with Gasteiger partial charge in [0, 0.05) is 35.4 Å². The number of hydrogen-bond donors (Lipinski definition) is 3. The third-order valence-corrected chi connectivity index (χ3v) is 6.03. The van der Waals surface area contributed by atoms with Crippen molar-refractivity contribution >= 4 is 28.3 Å². The molecule has 3 heterocycles. The van der Waals surface area contributed by atoms with Crippen LogP contribution < -0.4 is 10.6 Å². The summed E-state index contributed by atoms with van der Waals surface area (Å²) in [6, 6.07) is 12.8. The van der Waals surface area contributed by atoms with Gasteiger partial charge in [0.2, 0.25) is 0 Å². The molecule has 0 radical (unpaired) electrons. The molecule has 32 heavy (non-hydrogen) atoms. The molecule has 166 valence electrons. The highest BCUT2D eigenvalue weighted by Crippen LogP contribution is 2.30. The summed E-state index contributed by atoms with van der Waals surface area (Å²) < 4.78 is 40.5. The number of nitrogens with zero attached hydrogens (tertiary/aromatic N) is 2. The molecule has 1 amide bonds. The largest absolute Gasteiger partial charge is 0.434 e. The Balaban J connectivity index is 1.22. The Hall–Kier alpha value is -3.49. The van der Waals surface area contributed by atoms with Crippen LogP contribution in [0.1, 0.15) is 41.7 Å². The molecular weight excluding hydrogens is 419 g/mol. The smallest absolute Gasteiger partial charge is 0.368 e. The van der Waals surface area contributed by atoms with Crippen LogP contribution in [0.5, 0.6) is 0 Å². The first-order chi connectivity index (χ1) is 15.4. The lowest BCUT2D eigenvalue weighted by Crippen LogP contribution is -2.40. The summed E-state index contributed by atoms with van der Waals surface area (Å²) in [6.07, 6.45) is 1.45. The molecule has 3 N–H and O–H groups in total. The summed E-state index contributed by atoms with van der Waals surface area (Å²) >= 11 is 0. The molecule has 0 bridgehead atoms. The molecule has 1 fully saturated rings. The molecule has 3 aromatic heterocycles. The van der Waals surface area contributed by atoms with Gasteiger partial charge in [-0.05, 0) is 43.9 Å². The van der Waals surface area contributed by atoms with Crippen molar-refractivity contribution in [3.05, 3.63) is 66.1 Å². The number of benzene rings is 1. The summed E-state index contributed by atoms with van der Waals surface area (Å²) in [5, 5.41) is 7.37. The van der Waals surface area contributed by atoms with Crippen LogP contribution in [0.2, 0.25) is 0 Å². The highest BCUT2D eigenvalue weighted by molar-refractivity contribution is 6.06. The first kappa shape index (κ1) is 20.4. The number of imidazole rings is 1. The van der Waals surface area contributed by atoms with E-state index in [1.807, 2.05) is 24.3 Å². The molecule has 1 aliphatic carbocycles. The van der Waals surface area contributed by atoms with Gasteiger partial charge >= 0.3 is 6.18 Å². The monoisotopic (exact) mass is 441 g/mol. The molecule has 5 rings (SSSR count). The van der Waals surface area contributed by atoms with E-state index in [4.69, 9.17) is 0 Å². The van der Waals surface area contributed by atoms with Crippen molar-refractivity contribution in [2.45, 2.75) is 43.9 Å². The van der Waals surface area contributed by atoms with Gasteiger partial charge in [-0.1, -0.05) is 24.3 Å². The molecule has 0 saturated heterocycles. The maximum atomic E-state index is 13.0. The van der Waals surface area contributed by atoms with Gasteiger partial charge in [0.05, 0.1) is 5.56 Å². The maximum Gasteiger partial charge on any atom is 0.434 e. The number of hydrogen-bond acceptors (Lipinski definition) is 3. The van der Waals surface area contributed by atoms with E-state index >= 15 is 0 Å². The van der Waals surface area contributed by atoms with Gasteiger partial charge in [0.1, 0.15) is 11.5 Å². The standard InChI is InChI=1S/C23H22F3N5O/c24-23(25,26)19-13-31-20(6-3-7-21(31)30-19)28-14-8-10-15(11-9-14)29-22(32)17-12-27-18-5-2-1-4-16(17)18/h1-7,12-15,27-28H,8-11H2,(H,29,32). The molecule has 6 nitrogen and oxygen atoms in total. The number of carbonyl (C=O) groups is 1. The minimum Gasteiger partial charge on any atom is -0.368 e. The molecule has 0 atom stereocenters. The maximum absolute atomic E-state index is 13.0. The van der Waals surface area contributed by atoms with Crippen molar-refractivity contribution in [3.63, 3.8) is 0 Å². The Labute approximate surface area is 181 Å². The fourth-order valence-electron chi connectivity index (χ4n) is 4.38. The van der Waals surface area contributed by atoms with Crippen molar-refractivity contribution in [1.29, 1.82) is 0 Å². The summed E-state index contributed by atoms with van der Waals surface area (Å²) in [4.78, 5) is 19.5. The van der Waals surface area contributed by atoms with Crippen LogP contribution in [0.3, 0.4) is 0 Å². The molecule has 1 aromatic carbocycles. The average molecular weight is 441 g/mol. The topological polar surface area (TPSA) is 74.2 Å². The number of pyridine rings is 1. The Morgan fingerprint density at radius 1 is 1.03 bits per heavy atom. The SMILES string of the molecule is O=C(NC1CCC(Nc2cccc3nc(C(F)(F)F)cn23)CC1)c1c[nH]c2ccccc12. The highest BCUT2D eigenvalue weighted by Gasteiger charge is 2.34. The minimum atomic E-state index is -4.48. The lowest BCUT2D eigenvalue weighted by molar-refractivity contribution is -0.140.